The number of aromatic nitrogens is 1. The number of benzene rings is 2. The number of rotatable bonds is 10. The van der Waals surface area contributed by atoms with E-state index in [4.69, 9.17) is 18.9 Å². The first-order valence-electron chi connectivity index (χ1n) is 11.8. The van der Waals surface area contributed by atoms with Gasteiger partial charge in [0, 0.05) is 37.3 Å². The Labute approximate surface area is 206 Å². The Morgan fingerprint density at radius 3 is 2.54 bits per heavy atom. The van der Waals surface area contributed by atoms with Gasteiger partial charge in [-0.05, 0) is 30.2 Å². The van der Waals surface area contributed by atoms with Crippen LogP contribution in [0, 0.1) is 6.92 Å². The van der Waals surface area contributed by atoms with Gasteiger partial charge in [0.1, 0.15) is 0 Å². The minimum atomic E-state index is 0.467. The quantitative estimate of drug-likeness (QED) is 0.377. The Kier molecular flexibility index (Phi) is 8.51. The molecule has 35 heavy (non-hydrogen) atoms. The molecule has 184 valence electrons. The smallest absolute Gasteiger partial charge is 0.217 e. The van der Waals surface area contributed by atoms with Crippen molar-refractivity contribution < 1.29 is 18.9 Å². The molecule has 3 aromatic rings. The third-order valence-electron chi connectivity index (χ3n) is 5.75. The molecule has 0 unspecified atom stereocenters. The van der Waals surface area contributed by atoms with Crippen LogP contribution in [0.25, 0.3) is 0 Å². The lowest BCUT2D eigenvalue weighted by Gasteiger charge is -2.29. The zero-order chi connectivity index (χ0) is 24.5. The largest absolute Gasteiger partial charge is 0.493 e. The number of pyridine rings is 1. The average Bonchev–Trinajstić information content (AvgIpc) is 2.89. The van der Waals surface area contributed by atoms with Crippen LogP contribution >= 0.6 is 0 Å². The van der Waals surface area contributed by atoms with Crippen LogP contribution in [-0.2, 0) is 17.7 Å². The van der Waals surface area contributed by atoms with E-state index in [-0.39, 0.29) is 0 Å². The highest BCUT2D eigenvalue weighted by Crippen LogP contribution is 2.29. The van der Waals surface area contributed by atoms with Gasteiger partial charge in [0.05, 0.1) is 40.6 Å². The number of hydrogen-bond acceptors (Lipinski definition) is 8. The number of ether oxygens (including phenoxy) is 4. The second kappa shape index (κ2) is 12.2. The molecule has 1 fully saturated rings. The minimum absolute atomic E-state index is 0.467. The fourth-order valence-corrected chi connectivity index (χ4v) is 3.92. The molecule has 0 amide bonds. The van der Waals surface area contributed by atoms with Crippen LogP contribution in [0.2, 0.25) is 0 Å². The van der Waals surface area contributed by atoms with Gasteiger partial charge in [-0.15, -0.1) is 5.11 Å². The molecule has 4 rings (SSSR count). The van der Waals surface area contributed by atoms with Gasteiger partial charge < -0.3 is 23.8 Å². The highest BCUT2D eigenvalue weighted by Gasteiger charge is 2.14. The van der Waals surface area contributed by atoms with Gasteiger partial charge in [0.15, 0.2) is 17.3 Å². The highest BCUT2D eigenvalue weighted by molar-refractivity contribution is 5.55. The molecule has 8 heteroatoms. The summed E-state index contributed by atoms with van der Waals surface area (Å²) in [6.45, 7) is 6.06. The number of azo groups is 1. The zero-order valence-corrected chi connectivity index (χ0v) is 20.6. The summed E-state index contributed by atoms with van der Waals surface area (Å²) in [5.74, 6) is 2.47. The van der Waals surface area contributed by atoms with Crippen LogP contribution in [0.4, 0.5) is 11.5 Å². The molecule has 2 aromatic carbocycles. The third kappa shape index (κ3) is 6.93. The van der Waals surface area contributed by atoms with Crippen molar-refractivity contribution in [3.05, 3.63) is 71.3 Å². The maximum atomic E-state index is 6.05. The van der Waals surface area contributed by atoms with Crippen molar-refractivity contribution in [2.45, 2.75) is 19.9 Å². The van der Waals surface area contributed by atoms with Crippen LogP contribution in [-0.4, -0.2) is 52.1 Å². The van der Waals surface area contributed by atoms with Crippen LogP contribution in [0.1, 0.15) is 16.7 Å². The number of anilines is 1. The predicted octanol–water partition coefficient (Wildman–Crippen LogP) is 5.15. The van der Waals surface area contributed by atoms with Gasteiger partial charge in [-0.1, -0.05) is 35.9 Å². The van der Waals surface area contributed by atoms with Gasteiger partial charge in [-0.2, -0.15) is 10.1 Å². The second-order valence-electron chi connectivity index (χ2n) is 8.30. The molecule has 0 atom stereocenters. The summed E-state index contributed by atoms with van der Waals surface area (Å²) in [7, 11) is 3.26. The van der Waals surface area contributed by atoms with Gasteiger partial charge in [-0.3, -0.25) is 0 Å². The van der Waals surface area contributed by atoms with Crippen molar-refractivity contribution in [3.8, 4) is 17.4 Å². The molecule has 1 saturated heterocycles. The van der Waals surface area contributed by atoms with E-state index in [1.165, 1.54) is 5.56 Å². The number of morpholine rings is 1. The molecule has 1 aliphatic heterocycles. The molecule has 8 nitrogen and oxygen atoms in total. The first-order valence-corrected chi connectivity index (χ1v) is 11.8. The fourth-order valence-electron chi connectivity index (χ4n) is 3.92. The van der Waals surface area contributed by atoms with Gasteiger partial charge in [0.25, 0.3) is 0 Å². The lowest BCUT2D eigenvalue weighted by Crippen LogP contribution is -2.36. The van der Waals surface area contributed by atoms with E-state index in [2.05, 4.69) is 39.2 Å². The van der Waals surface area contributed by atoms with Crippen molar-refractivity contribution in [2.24, 2.45) is 10.2 Å². The van der Waals surface area contributed by atoms with Crippen molar-refractivity contribution >= 4 is 11.5 Å². The van der Waals surface area contributed by atoms with Crippen molar-refractivity contribution in [2.75, 3.05) is 52.0 Å². The summed E-state index contributed by atoms with van der Waals surface area (Å²) in [5.41, 5.74) is 4.42. The van der Waals surface area contributed by atoms with E-state index in [1.807, 2.05) is 42.5 Å². The molecule has 1 aliphatic rings. The van der Waals surface area contributed by atoms with Crippen LogP contribution in [0.15, 0.2) is 64.8 Å². The maximum Gasteiger partial charge on any atom is 0.217 e. The number of methoxy groups -OCH3 is 2. The normalized spacial score (nSPS) is 13.7. The van der Waals surface area contributed by atoms with Crippen LogP contribution in [0.3, 0.4) is 0 Å². The number of nitrogens with zero attached hydrogens (tertiary/aromatic N) is 4. The van der Waals surface area contributed by atoms with E-state index in [0.29, 0.717) is 56.0 Å². The topological polar surface area (TPSA) is 77.8 Å². The Morgan fingerprint density at radius 1 is 0.943 bits per heavy atom. The molecule has 0 N–H and O–H groups in total. The maximum absolute atomic E-state index is 6.05. The summed E-state index contributed by atoms with van der Waals surface area (Å²) in [6.07, 6.45) is 0.702. The summed E-state index contributed by atoms with van der Waals surface area (Å²) in [5, 5.41) is 8.78. The first kappa shape index (κ1) is 24.5. The van der Waals surface area contributed by atoms with E-state index >= 15 is 0 Å². The molecule has 0 radical (unpaired) electrons. The van der Waals surface area contributed by atoms with Crippen molar-refractivity contribution in [1.29, 1.82) is 0 Å². The standard InChI is InChI=1S/C27H32N4O4/c1-20-5-4-6-22(15-20)19-28-30-26-17-23(31-10-13-34-14-11-31)18-27(29-26)35-12-9-21-7-8-24(32-2)25(16-21)33-3/h4-8,15-18H,9-14,19H2,1-3H3. The SMILES string of the molecule is COc1ccc(CCOc2cc(N3CCOCC3)cc(N=NCc3cccc(C)c3)n2)cc1OC. The van der Waals surface area contributed by atoms with E-state index in [1.54, 1.807) is 14.2 Å². The number of aryl methyl sites for hydroxylation is 1. The molecule has 0 saturated carbocycles. The Morgan fingerprint density at radius 2 is 1.77 bits per heavy atom. The highest BCUT2D eigenvalue weighted by atomic mass is 16.5. The van der Waals surface area contributed by atoms with Crippen LogP contribution in [0.5, 0.6) is 17.4 Å². The summed E-state index contributed by atoms with van der Waals surface area (Å²) in [6, 6.07) is 18.0. The minimum Gasteiger partial charge on any atom is -0.493 e. The monoisotopic (exact) mass is 476 g/mol. The van der Waals surface area contributed by atoms with E-state index in [0.717, 1.165) is 29.9 Å². The van der Waals surface area contributed by atoms with Gasteiger partial charge >= 0.3 is 0 Å². The Bertz CT molecular complexity index is 1150. The first-order chi connectivity index (χ1) is 17.1. The summed E-state index contributed by atoms with van der Waals surface area (Å²) in [4.78, 5) is 6.84. The average molecular weight is 477 g/mol. The Hall–Kier alpha value is -3.65. The second-order valence-corrected chi connectivity index (χ2v) is 8.30. The van der Waals surface area contributed by atoms with E-state index < -0.39 is 0 Å². The molecule has 0 bridgehead atoms. The lowest BCUT2D eigenvalue weighted by atomic mass is 10.1. The van der Waals surface area contributed by atoms with Crippen molar-refractivity contribution in [3.63, 3.8) is 0 Å². The molecule has 2 heterocycles. The molecule has 1 aromatic heterocycles. The molecule has 0 aliphatic carbocycles. The molecule has 0 spiro atoms. The van der Waals surface area contributed by atoms with E-state index in [9.17, 15) is 0 Å². The Balaban J connectivity index is 1.46. The predicted molar refractivity (Wildman–Crippen MR) is 135 cm³/mol. The summed E-state index contributed by atoms with van der Waals surface area (Å²) < 4.78 is 22.3. The van der Waals surface area contributed by atoms with Gasteiger partial charge in [-0.25, -0.2) is 0 Å². The third-order valence-corrected chi connectivity index (χ3v) is 5.75. The van der Waals surface area contributed by atoms with Gasteiger partial charge in [0.2, 0.25) is 5.88 Å². The molecular formula is C27H32N4O4. The molecular weight excluding hydrogens is 444 g/mol. The zero-order valence-electron chi connectivity index (χ0n) is 20.6. The fraction of sp³-hybridized carbons (Fsp3) is 0.370. The lowest BCUT2D eigenvalue weighted by molar-refractivity contribution is 0.122. The summed E-state index contributed by atoms with van der Waals surface area (Å²) >= 11 is 0. The number of hydrogen-bond donors (Lipinski definition) is 0. The van der Waals surface area contributed by atoms with Crippen molar-refractivity contribution in [1.82, 2.24) is 4.98 Å². The van der Waals surface area contributed by atoms with Crippen LogP contribution < -0.4 is 19.1 Å².